The van der Waals surface area contributed by atoms with Crippen LogP contribution in [0.1, 0.15) is 27.7 Å². The standard InChI is InChI=1S/C14H13BrO2S/c1-9-3-4-13(10(2)16)14(5-9)17-7-12-6-11(15)8-18-12/h3-6,8H,7H2,1-2H3. The number of ketones is 1. The lowest BCUT2D eigenvalue weighted by molar-refractivity contribution is 0.101. The van der Waals surface area contributed by atoms with Gasteiger partial charge in [-0.2, -0.15) is 0 Å². The number of aryl methyl sites for hydroxylation is 1. The molecule has 0 fully saturated rings. The van der Waals surface area contributed by atoms with Crippen LogP contribution in [-0.4, -0.2) is 5.78 Å². The molecule has 0 aliphatic rings. The molecule has 0 unspecified atom stereocenters. The highest BCUT2D eigenvalue weighted by molar-refractivity contribution is 9.10. The molecule has 0 spiro atoms. The molecule has 0 saturated heterocycles. The lowest BCUT2D eigenvalue weighted by atomic mass is 10.1. The van der Waals surface area contributed by atoms with Crippen molar-refractivity contribution in [3.05, 3.63) is 50.1 Å². The summed E-state index contributed by atoms with van der Waals surface area (Å²) in [5, 5.41) is 2.01. The molecule has 1 aromatic heterocycles. The van der Waals surface area contributed by atoms with Gasteiger partial charge >= 0.3 is 0 Å². The smallest absolute Gasteiger partial charge is 0.163 e. The number of hydrogen-bond donors (Lipinski definition) is 0. The Bertz CT molecular complexity index is 575. The molecule has 0 atom stereocenters. The van der Waals surface area contributed by atoms with Crippen LogP contribution in [0.15, 0.2) is 34.1 Å². The fraction of sp³-hybridized carbons (Fsp3) is 0.214. The van der Waals surface area contributed by atoms with Crippen molar-refractivity contribution in [1.82, 2.24) is 0 Å². The summed E-state index contributed by atoms with van der Waals surface area (Å²) < 4.78 is 6.80. The van der Waals surface area contributed by atoms with E-state index in [1.54, 1.807) is 18.3 Å². The first-order valence-electron chi connectivity index (χ1n) is 5.53. The molecule has 1 heterocycles. The molecule has 0 amide bonds. The van der Waals surface area contributed by atoms with Crippen molar-refractivity contribution in [2.45, 2.75) is 20.5 Å². The van der Waals surface area contributed by atoms with Crippen LogP contribution in [-0.2, 0) is 6.61 Å². The topological polar surface area (TPSA) is 26.3 Å². The van der Waals surface area contributed by atoms with Crippen molar-refractivity contribution in [2.75, 3.05) is 0 Å². The Morgan fingerprint density at radius 1 is 1.39 bits per heavy atom. The molecule has 0 saturated carbocycles. The van der Waals surface area contributed by atoms with E-state index in [2.05, 4.69) is 15.9 Å². The average molecular weight is 325 g/mol. The quantitative estimate of drug-likeness (QED) is 0.768. The first-order chi connectivity index (χ1) is 8.56. The van der Waals surface area contributed by atoms with Crippen LogP contribution in [0.2, 0.25) is 0 Å². The van der Waals surface area contributed by atoms with Gasteiger partial charge in [-0.25, -0.2) is 0 Å². The molecular formula is C14H13BrO2S. The van der Waals surface area contributed by atoms with Crippen molar-refractivity contribution in [2.24, 2.45) is 0 Å². The minimum absolute atomic E-state index is 0.0253. The van der Waals surface area contributed by atoms with Gasteiger partial charge in [0, 0.05) is 14.7 Å². The molecule has 4 heteroatoms. The van der Waals surface area contributed by atoms with Gasteiger partial charge in [0.25, 0.3) is 0 Å². The van der Waals surface area contributed by atoms with E-state index < -0.39 is 0 Å². The number of carbonyl (C=O) groups excluding carboxylic acids is 1. The number of ether oxygens (including phenoxy) is 1. The SMILES string of the molecule is CC(=O)c1ccc(C)cc1OCc1cc(Br)cs1. The van der Waals surface area contributed by atoms with E-state index >= 15 is 0 Å². The summed E-state index contributed by atoms with van der Waals surface area (Å²) in [4.78, 5) is 12.6. The van der Waals surface area contributed by atoms with Crippen LogP contribution in [0.4, 0.5) is 0 Å². The molecule has 1 aromatic carbocycles. The number of halogens is 1. The number of carbonyl (C=O) groups is 1. The van der Waals surface area contributed by atoms with Crippen LogP contribution in [0, 0.1) is 6.92 Å². The third kappa shape index (κ3) is 3.21. The maximum Gasteiger partial charge on any atom is 0.163 e. The highest BCUT2D eigenvalue weighted by Crippen LogP contribution is 2.25. The molecule has 2 nitrogen and oxygen atoms in total. The molecule has 0 aliphatic heterocycles. The Kier molecular flexibility index (Phi) is 4.19. The van der Waals surface area contributed by atoms with Crippen molar-refractivity contribution in [1.29, 1.82) is 0 Å². The summed E-state index contributed by atoms with van der Waals surface area (Å²) in [6, 6.07) is 7.66. The monoisotopic (exact) mass is 324 g/mol. The third-order valence-corrected chi connectivity index (χ3v) is 4.18. The Hall–Kier alpha value is -1.13. The summed E-state index contributed by atoms with van der Waals surface area (Å²) in [6.45, 7) is 4.03. The number of benzene rings is 1. The van der Waals surface area contributed by atoms with Gasteiger partial charge < -0.3 is 4.74 Å². The van der Waals surface area contributed by atoms with E-state index in [0.29, 0.717) is 17.9 Å². The molecule has 94 valence electrons. The first-order valence-corrected chi connectivity index (χ1v) is 7.21. The van der Waals surface area contributed by atoms with Gasteiger partial charge in [-0.1, -0.05) is 6.07 Å². The predicted molar refractivity (Wildman–Crippen MR) is 77.5 cm³/mol. The van der Waals surface area contributed by atoms with Gasteiger partial charge in [-0.15, -0.1) is 11.3 Å². The maximum absolute atomic E-state index is 11.5. The minimum Gasteiger partial charge on any atom is -0.487 e. The van der Waals surface area contributed by atoms with E-state index in [9.17, 15) is 4.79 Å². The molecule has 18 heavy (non-hydrogen) atoms. The Morgan fingerprint density at radius 2 is 2.17 bits per heavy atom. The zero-order valence-corrected chi connectivity index (χ0v) is 12.6. The van der Waals surface area contributed by atoms with E-state index in [0.717, 1.165) is 14.9 Å². The predicted octanol–water partition coefficient (Wildman–Crippen LogP) is 4.60. The zero-order valence-electron chi connectivity index (χ0n) is 10.2. The van der Waals surface area contributed by atoms with Crippen LogP contribution in [0.3, 0.4) is 0 Å². The minimum atomic E-state index is 0.0253. The summed E-state index contributed by atoms with van der Waals surface area (Å²) in [6.07, 6.45) is 0. The normalized spacial score (nSPS) is 10.4. The van der Waals surface area contributed by atoms with Crippen molar-refractivity contribution >= 4 is 33.0 Å². The Labute approximate surface area is 119 Å². The average Bonchev–Trinajstić information content (AvgIpc) is 2.72. The highest BCUT2D eigenvalue weighted by atomic mass is 79.9. The summed E-state index contributed by atoms with van der Waals surface area (Å²) in [5.41, 5.74) is 1.72. The third-order valence-electron chi connectivity index (χ3n) is 2.51. The van der Waals surface area contributed by atoms with E-state index in [1.807, 2.05) is 36.6 Å². The molecule has 0 aliphatic carbocycles. The van der Waals surface area contributed by atoms with Crippen LogP contribution in [0.25, 0.3) is 0 Å². The summed E-state index contributed by atoms with van der Waals surface area (Å²) in [7, 11) is 0. The Balaban J connectivity index is 2.17. The number of rotatable bonds is 4. The van der Waals surface area contributed by atoms with Gasteiger partial charge in [0.05, 0.1) is 5.56 Å². The molecule has 0 bridgehead atoms. The van der Waals surface area contributed by atoms with Gasteiger partial charge in [-0.05, 0) is 53.5 Å². The largest absolute Gasteiger partial charge is 0.487 e. The van der Waals surface area contributed by atoms with Crippen molar-refractivity contribution in [3.63, 3.8) is 0 Å². The van der Waals surface area contributed by atoms with Gasteiger partial charge in [0.2, 0.25) is 0 Å². The fourth-order valence-electron chi connectivity index (χ4n) is 1.62. The van der Waals surface area contributed by atoms with Gasteiger partial charge in [0.1, 0.15) is 12.4 Å². The second kappa shape index (κ2) is 5.67. The lowest BCUT2D eigenvalue weighted by Gasteiger charge is -2.09. The molecule has 0 N–H and O–H groups in total. The molecule has 0 radical (unpaired) electrons. The summed E-state index contributed by atoms with van der Waals surface area (Å²) >= 11 is 5.04. The molecular weight excluding hydrogens is 312 g/mol. The fourth-order valence-corrected chi connectivity index (χ4v) is 2.98. The van der Waals surface area contributed by atoms with Gasteiger partial charge in [0.15, 0.2) is 5.78 Å². The van der Waals surface area contributed by atoms with Crippen LogP contribution < -0.4 is 4.74 Å². The van der Waals surface area contributed by atoms with E-state index in [-0.39, 0.29) is 5.78 Å². The Morgan fingerprint density at radius 3 is 2.78 bits per heavy atom. The highest BCUT2D eigenvalue weighted by Gasteiger charge is 2.09. The number of thiophene rings is 1. The van der Waals surface area contributed by atoms with E-state index in [1.165, 1.54) is 0 Å². The zero-order chi connectivity index (χ0) is 13.1. The second-order valence-electron chi connectivity index (χ2n) is 4.08. The molecule has 2 rings (SSSR count). The lowest BCUT2D eigenvalue weighted by Crippen LogP contribution is -2.01. The molecule has 2 aromatic rings. The number of Topliss-reactive ketones (excluding diaryl/α,β-unsaturated/α-hetero) is 1. The summed E-state index contributed by atoms with van der Waals surface area (Å²) in [5.74, 6) is 0.685. The van der Waals surface area contributed by atoms with Crippen LogP contribution in [0.5, 0.6) is 5.75 Å². The first kappa shape index (κ1) is 13.3. The second-order valence-corrected chi connectivity index (χ2v) is 5.99. The van der Waals surface area contributed by atoms with Crippen molar-refractivity contribution < 1.29 is 9.53 Å². The van der Waals surface area contributed by atoms with Crippen LogP contribution >= 0.6 is 27.3 Å². The number of hydrogen-bond acceptors (Lipinski definition) is 3. The van der Waals surface area contributed by atoms with Crippen molar-refractivity contribution in [3.8, 4) is 5.75 Å². The van der Waals surface area contributed by atoms with Gasteiger partial charge in [-0.3, -0.25) is 4.79 Å². The van der Waals surface area contributed by atoms with E-state index in [4.69, 9.17) is 4.74 Å². The maximum atomic E-state index is 11.5.